The Kier molecular flexibility index (Phi) is 5.09. The molecule has 0 amide bonds. The number of aromatic nitrogens is 2. The molecule has 0 aliphatic carbocycles. The maximum absolute atomic E-state index is 10.8. The second-order valence-corrected chi connectivity index (χ2v) is 4.29. The summed E-state index contributed by atoms with van der Waals surface area (Å²) in [7, 11) is 1.92. The Morgan fingerprint density at radius 2 is 2.17 bits per heavy atom. The number of carbonyl (C=O) groups is 1. The van der Waals surface area contributed by atoms with E-state index in [-0.39, 0.29) is 0 Å². The van der Waals surface area contributed by atoms with Gasteiger partial charge in [-0.25, -0.2) is 4.79 Å². The van der Waals surface area contributed by atoms with Gasteiger partial charge in [0, 0.05) is 37.0 Å². The third-order valence-corrected chi connectivity index (χ3v) is 3.11. The molecule has 2 N–H and O–H groups in total. The second-order valence-electron chi connectivity index (χ2n) is 4.29. The molecule has 0 saturated carbocycles. The van der Waals surface area contributed by atoms with Gasteiger partial charge in [-0.2, -0.15) is 5.10 Å². The average Bonchev–Trinajstić information content (AvgIpc) is 2.54. The van der Waals surface area contributed by atoms with Crippen molar-refractivity contribution in [2.24, 2.45) is 7.05 Å². The summed E-state index contributed by atoms with van der Waals surface area (Å²) in [5.74, 6) is -0.840. The van der Waals surface area contributed by atoms with Gasteiger partial charge in [-0.15, -0.1) is 0 Å². The molecule has 0 fully saturated rings. The van der Waals surface area contributed by atoms with E-state index in [9.17, 15) is 4.79 Å². The second kappa shape index (κ2) is 6.35. The summed E-state index contributed by atoms with van der Waals surface area (Å²) >= 11 is 0. The third-order valence-electron chi connectivity index (χ3n) is 3.11. The van der Waals surface area contributed by atoms with Crippen molar-refractivity contribution in [1.82, 2.24) is 15.1 Å². The monoisotopic (exact) mass is 251 g/mol. The van der Waals surface area contributed by atoms with Crippen LogP contribution in [0.15, 0.2) is 11.6 Å². The number of carboxylic acid groups (broad SMARTS) is 1. The standard InChI is InChI=1S/C13H21N3O2/c1-5-11(13(17)18)6-7-14-8-12-9(2)15-16(4)10(12)3/h6,14H,5,7-8H2,1-4H3,(H,17,18). The number of aliphatic carboxylic acids is 1. The zero-order valence-electron chi connectivity index (χ0n) is 11.4. The molecule has 1 aromatic rings. The van der Waals surface area contributed by atoms with E-state index >= 15 is 0 Å². The minimum atomic E-state index is -0.840. The Bertz CT molecular complexity index is 461. The number of hydrogen-bond acceptors (Lipinski definition) is 3. The number of hydrogen-bond donors (Lipinski definition) is 2. The van der Waals surface area contributed by atoms with Crippen LogP contribution in [-0.2, 0) is 18.4 Å². The van der Waals surface area contributed by atoms with Crippen molar-refractivity contribution >= 4 is 5.97 Å². The van der Waals surface area contributed by atoms with E-state index in [1.807, 2.05) is 32.5 Å². The Morgan fingerprint density at radius 1 is 1.50 bits per heavy atom. The molecule has 100 valence electrons. The van der Waals surface area contributed by atoms with Gasteiger partial charge in [0.05, 0.1) is 5.69 Å². The van der Waals surface area contributed by atoms with Gasteiger partial charge in [0.25, 0.3) is 0 Å². The third kappa shape index (κ3) is 3.43. The minimum absolute atomic E-state index is 0.446. The van der Waals surface area contributed by atoms with E-state index in [1.165, 1.54) is 5.56 Å². The highest BCUT2D eigenvalue weighted by Crippen LogP contribution is 2.11. The highest BCUT2D eigenvalue weighted by molar-refractivity contribution is 5.86. The van der Waals surface area contributed by atoms with Gasteiger partial charge in [-0.05, 0) is 20.3 Å². The highest BCUT2D eigenvalue weighted by Gasteiger charge is 2.08. The number of carboxylic acids is 1. The molecule has 0 unspecified atom stereocenters. The van der Waals surface area contributed by atoms with Gasteiger partial charge in [-0.3, -0.25) is 4.68 Å². The number of aryl methyl sites for hydroxylation is 2. The van der Waals surface area contributed by atoms with Crippen LogP contribution in [0.25, 0.3) is 0 Å². The number of nitrogens with one attached hydrogen (secondary N) is 1. The van der Waals surface area contributed by atoms with E-state index < -0.39 is 5.97 Å². The summed E-state index contributed by atoms with van der Waals surface area (Å²) < 4.78 is 1.86. The molecular weight excluding hydrogens is 230 g/mol. The van der Waals surface area contributed by atoms with Gasteiger partial charge >= 0.3 is 5.97 Å². The largest absolute Gasteiger partial charge is 0.478 e. The van der Waals surface area contributed by atoms with Crippen LogP contribution in [0.1, 0.15) is 30.3 Å². The first-order valence-corrected chi connectivity index (χ1v) is 6.09. The molecule has 0 radical (unpaired) electrons. The number of nitrogens with zero attached hydrogens (tertiary/aromatic N) is 2. The van der Waals surface area contributed by atoms with E-state index in [0.717, 1.165) is 11.4 Å². The fourth-order valence-corrected chi connectivity index (χ4v) is 1.85. The van der Waals surface area contributed by atoms with Gasteiger partial charge in [0.1, 0.15) is 0 Å². The maximum Gasteiger partial charge on any atom is 0.331 e. The Hall–Kier alpha value is -1.62. The Labute approximate surface area is 108 Å². The molecule has 0 aliphatic rings. The van der Waals surface area contributed by atoms with E-state index in [4.69, 9.17) is 5.11 Å². The molecule has 18 heavy (non-hydrogen) atoms. The summed E-state index contributed by atoms with van der Waals surface area (Å²) in [5.41, 5.74) is 3.78. The molecule has 1 heterocycles. The topological polar surface area (TPSA) is 67.2 Å². The maximum atomic E-state index is 10.8. The van der Waals surface area contributed by atoms with E-state index in [2.05, 4.69) is 10.4 Å². The summed E-state index contributed by atoms with van der Waals surface area (Å²) in [5, 5.41) is 16.4. The molecule has 0 spiro atoms. The summed E-state index contributed by atoms with van der Waals surface area (Å²) in [6.07, 6.45) is 2.27. The van der Waals surface area contributed by atoms with Crippen molar-refractivity contribution in [2.45, 2.75) is 33.7 Å². The lowest BCUT2D eigenvalue weighted by Gasteiger charge is -2.04. The SMILES string of the molecule is CCC(=CCNCc1c(C)nn(C)c1C)C(=O)O. The lowest BCUT2D eigenvalue weighted by molar-refractivity contribution is -0.132. The van der Waals surface area contributed by atoms with E-state index in [0.29, 0.717) is 25.1 Å². The van der Waals surface area contributed by atoms with Crippen LogP contribution < -0.4 is 5.32 Å². The van der Waals surface area contributed by atoms with Crippen molar-refractivity contribution in [3.8, 4) is 0 Å². The predicted molar refractivity (Wildman–Crippen MR) is 70.4 cm³/mol. The van der Waals surface area contributed by atoms with Crippen LogP contribution in [0.3, 0.4) is 0 Å². The lowest BCUT2D eigenvalue weighted by Crippen LogP contribution is -2.15. The van der Waals surface area contributed by atoms with Crippen molar-refractivity contribution in [1.29, 1.82) is 0 Å². The smallest absolute Gasteiger partial charge is 0.331 e. The molecule has 0 bridgehead atoms. The minimum Gasteiger partial charge on any atom is -0.478 e. The van der Waals surface area contributed by atoms with Gasteiger partial charge in [0.2, 0.25) is 0 Å². The van der Waals surface area contributed by atoms with Gasteiger partial charge in [0.15, 0.2) is 0 Å². The highest BCUT2D eigenvalue weighted by atomic mass is 16.4. The molecule has 5 heteroatoms. The van der Waals surface area contributed by atoms with E-state index in [1.54, 1.807) is 6.08 Å². The first-order chi connectivity index (χ1) is 8.47. The van der Waals surface area contributed by atoms with Crippen molar-refractivity contribution in [3.63, 3.8) is 0 Å². The Balaban J connectivity index is 2.54. The molecule has 1 aromatic heterocycles. The van der Waals surface area contributed by atoms with Gasteiger partial charge < -0.3 is 10.4 Å². The molecule has 0 atom stereocenters. The molecule has 1 rings (SSSR count). The average molecular weight is 251 g/mol. The van der Waals surface area contributed by atoms with Crippen LogP contribution >= 0.6 is 0 Å². The first kappa shape index (κ1) is 14.4. The van der Waals surface area contributed by atoms with Crippen molar-refractivity contribution < 1.29 is 9.90 Å². The molecule has 0 aromatic carbocycles. The first-order valence-electron chi connectivity index (χ1n) is 6.09. The lowest BCUT2D eigenvalue weighted by atomic mass is 10.2. The van der Waals surface area contributed by atoms with Crippen LogP contribution in [0.4, 0.5) is 0 Å². The van der Waals surface area contributed by atoms with Crippen molar-refractivity contribution in [2.75, 3.05) is 6.54 Å². The fourth-order valence-electron chi connectivity index (χ4n) is 1.85. The van der Waals surface area contributed by atoms with Crippen LogP contribution in [-0.4, -0.2) is 27.4 Å². The zero-order valence-corrected chi connectivity index (χ0v) is 11.4. The van der Waals surface area contributed by atoms with Crippen molar-refractivity contribution in [3.05, 3.63) is 28.6 Å². The summed E-state index contributed by atoms with van der Waals surface area (Å²) in [4.78, 5) is 10.8. The Morgan fingerprint density at radius 3 is 2.61 bits per heavy atom. The normalized spacial score (nSPS) is 11.9. The summed E-state index contributed by atoms with van der Waals surface area (Å²) in [6.45, 7) is 7.12. The molecule has 0 saturated heterocycles. The molecule has 5 nitrogen and oxygen atoms in total. The van der Waals surface area contributed by atoms with Gasteiger partial charge in [-0.1, -0.05) is 13.0 Å². The van der Waals surface area contributed by atoms with Crippen LogP contribution in [0, 0.1) is 13.8 Å². The molecule has 0 aliphatic heterocycles. The van der Waals surface area contributed by atoms with Crippen LogP contribution in [0.2, 0.25) is 0 Å². The molecular formula is C13H21N3O2. The fraction of sp³-hybridized carbons (Fsp3) is 0.538. The van der Waals surface area contributed by atoms with Crippen LogP contribution in [0.5, 0.6) is 0 Å². The summed E-state index contributed by atoms with van der Waals surface area (Å²) in [6, 6.07) is 0. The quantitative estimate of drug-likeness (QED) is 0.594. The predicted octanol–water partition coefficient (Wildman–Crippen LogP) is 1.55. The number of rotatable bonds is 6. The zero-order chi connectivity index (χ0) is 13.7.